The zero-order valence-corrected chi connectivity index (χ0v) is 14.1. The monoisotopic (exact) mass is 359 g/mol. The number of anilines is 2. The number of para-hydroxylation sites is 1. The highest BCUT2D eigenvalue weighted by atomic mass is 32.2. The molecule has 0 atom stereocenters. The normalized spacial score (nSPS) is 11.1. The highest BCUT2D eigenvalue weighted by Crippen LogP contribution is 2.21. The quantitative estimate of drug-likeness (QED) is 0.421. The van der Waals surface area contributed by atoms with Crippen molar-refractivity contribution >= 4 is 34.6 Å². The van der Waals surface area contributed by atoms with Crippen molar-refractivity contribution in [3.63, 3.8) is 0 Å². The third kappa shape index (κ3) is 3.86. The fraction of sp³-hybridized carbons (Fsp3) is 0.267. The number of hydrogen-bond donors (Lipinski definition) is 3. The van der Waals surface area contributed by atoms with Gasteiger partial charge in [0, 0.05) is 13.2 Å². The van der Waals surface area contributed by atoms with Crippen LogP contribution in [0.1, 0.15) is 12.2 Å². The summed E-state index contributed by atoms with van der Waals surface area (Å²) in [5.41, 5.74) is 11.6. The van der Waals surface area contributed by atoms with Gasteiger partial charge in [-0.15, -0.1) is 0 Å². The van der Waals surface area contributed by atoms with Crippen LogP contribution in [0.5, 0.6) is 0 Å². The largest absolute Gasteiger partial charge is 0.396 e. The zero-order valence-electron chi connectivity index (χ0n) is 13.3. The number of thioether (sulfide) groups is 1. The number of hydrogen-bond acceptors (Lipinski definition) is 9. The summed E-state index contributed by atoms with van der Waals surface area (Å²) in [6.07, 6.45) is 0.457. The van der Waals surface area contributed by atoms with Crippen LogP contribution in [-0.2, 0) is 12.3 Å². The number of aliphatic hydroxyl groups excluding tert-OH is 1. The van der Waals surface area contributed by atoms with Gasteiger partial charge in [0.15, 0.2) is 5.16 Å². The Morgan fingerprint density at radius 1 is 1.08 bits per heavy atom. The van der Waals surface area contributed by atoms with Crippen LogP contribution in [0, 0.1) is 0 Å². The molecule has 0 fully saturated rings. The number of aromatic nitrogens is 5. The maximum absolute atomic E-state index is 12.7. The van der Waals surface area contributed by atoms with E-state index in [2.05, 4.69) is 19.9 Å². The molecule has 0 saturated carbocycles. The Hall–Kier alpha value is -2.72. The molecule has 0 aliphatic carbocycles. The molecule has 2 heterocycles. The molecule has 0 spiro atoms. The lowest BCUT2D eigenvalue weighted by atomic mass is 10.2. The van der Waals surface area contributed by atoms with Crippen molar-refractivity contribution in [2.45, 2.75) is 23.9 Å². The second-order valence-electron chi connectivity index (χ2n) is 5.20. The van der Waals surface area contributed by atoms with Gasteiger partial charge in [-0.3, -0.25) is 9.36 Å². The van der Waals surface area contributed by atoms with Crippen molar-refractivity contribution in [2.75, 3.05) is 18.1 Å². The van der Waals surface area contributed by atoms with Gasteiger partial charge < -0.3 is 16.6 Å². The maximum Gasteiger partial charge on any atom is 0.262 e. The Kier molecular flexibility index (Phi) is 5.10. The molecule has 10 heteroatoms. The number of nitrogen functional groups attached to an aromatic ring is 2. The molecular weight excluding hydrogens is 342 g/mol. The summed E-state index contributed by atoms with van der Waals surface area (Å²) < 4.78 is 1.55. The van der Waals surface area contributed by atoms with E-state index in [1.807, 2.05) is 6.07 Å². The van der Waals surface area contributed by atoms with Crippen LogP contribution in [0.15, 0.2) is 34.2 Å². The number of nitrogens with zero attached hydrogens (tertiary/aromatic N) is 5. The van der Waals surface area contributed by atoms with Crippen LogP contribution in [-0.4, -0.2) is 36.2 Å². The molecule has 3 rings (SSSR count). The van der Waals surface area contributed by atoms with E-state index in [0.29, 0.717) is 40.6 Å². The van der Waals surface area contributed by atoms with E-state index < -0.39 is 0 Å². The molecule has 9 nitrogen and oxygen atoms in total. The van der Waals surface area contributed by atoms with Crippen molar-refractivity contribution in [3.8, 4) is 0 Å². The van der Waals surface area contributed by atoms with Crippen molar-refractivity contribution < 1.29 is 5.11 Å². The minimum atomic E-state index is -0.142. The summed E-state index contributed by atoms with van der Waals surface area (Å²) in [5.74, 6) is 0.839. The molecule has 1 aromatic carbocycles. The zero-order chi connectivity index (χ0) is 17.8. The number of fused-ring (bicyclic) bond motifs is 1. The Balaban J connectivity index is 1.97. The van der Waals surface area contributed by atoms with Gasteiger partial charge in [0.05, 0.1) is 16.7 Å². The first-order valence-electron chi connectivity index (χ1n) is 7.57. The maximum atomic E-state index is 12.7. The van der Waals surface area contributed by atoms with E-state index in [0.717, 1.165) is 0 Å². The highest BCUT2D eigenvalue weighted by molar-refractivity contribution is 7.98. The number of aliphatic hydroxyl groups is 1. The predicted octanol–water partition coefficient (Wildman–Crippen LogP) is 0.421. The van der Waals surface area contributed by atoms with Crippen molar-refractivity contribution in [3.05, 3.63) is 40.4 Å². The minimum absolute atomic E-state index is 0.0100. The summed E-state index contributed by atoms with van der Waals surface area (Å²) in [4.78, 5) is 29.1. The van der Waals surface area contributed by atoms with Gasteiger partial charge in [-0.25, -0.2) is 4.98 Å². The van der Waals surface area contributed by atoms with Crippen LogP contribution in [0.4, 0.5) is 11.9 Å². The standard InChI is InChI=1S/C15H17N7O2S/c16-13-19-11(20-14(17)21-13)8-25-15-18-10-5-2-1-4-9(10)12(24)22(15)6-3-7-23/h1-2,4-5,23H,3,6-8H2,(H4,16,17,19,20,21). The molecule has 0 saturated heterocycles. The SMILES string of the molecule is Nc1nc(N)nc(CSc2nc3ccccc3c(=O)n2CCCO)n1. The second kappa shape index (κ2) is 7.45. The summed E-state index contributed by atoms with van der Waals surface area (Å²) in [7, 11) is 0. The van der Waals surface area contributed by atoms with E-state index in [-0.39, 0.29) is 24.1 Å². The van der Waals surface area contributed by atoms with E-state index in [9.17, 15) is 4.79 Å². The molecular formula is C15H17N7O2S. The number of nitrogens with two attached hydrogens (primary N) is 2. The summed E-state index contributed by atoms with van der Waals surface area (Å²) in [6.45, 7) is 0.362. The van der Waals surface area contributed by atoms with Crippen LogP contribution in [0.3, 0.4) is 0 Å². The Morgan fingerprint density at radius 2 is 1.80 bits per heavy atom. The lowest BCUT2D eigenvalue weighted by Crippen LogP contribution is -2.24. The van der Waals surface area contributed by atoms with Gasteiger partial charge >= 0.3 is 0 Å². The van der Waals surface area contributed by atoms with Gasteiger partial charge in [0.2, 0.25) is 11.9 Å². The Labute approximate surface area is 147 Å². The van der Waals surface area contributed by atoms with Crippen molar-refractivity contribution in [1.82, 2.24) is 24.5 Å². The molecule has 0 amide bonds. The summed E-state index contributed by atoms with van der Waals surface area (Å²) >= 11 is 1.30. The molecule has 5 N–H and O–H groups in total. The third-order valence-electron chi connectivity index (χ3n) is 3.41. The van der Waals surface area contributed by atoms with E-state index in [1.54, 1.807) is 22.8 Å². The van der Waals surface area contributed by atoms with Crippen LogP contribution in [0.2, 0.25) is 0 Å². The molecule has 130 valence electrons. The van der Waals surface area contributed by atoms with Crippen LogP contribution in [0.25, 0.3) is 10.9 Å². The topological polar surface area (TPSA) is 146 Å². The van der Waals surface area contributed by atoms with Gasteiger partial charge in [-0.05, 0) is 18.6 Å². The third-order valence-corrected chi connectivity index (χ3v) is 4.39. The van der Waals surface area contributed by atoms with Crippen molar-refractivity contribution in [2.24, 2.45) is 0 Å². The molecule has 0 bridgehead atoms. The lowest BCUT2D eigenvalue weighted by molar-refractivity contribution is 0.276. The molecule has 0 aliphatic rings. The predicted molar refractivity (Wildman–Crippen MR) is 95.9 cm³/mol. The molecule has 3 aromatic rings. The molecule has 0 radical (unpaired) electrons. The van der Waals surface area contributed by atoms with Crippen LogP contribution >= 0.6 is 11.8 Å². The van der Waals surface area contributed by atoms with E-state index in [4.69, 9.17) is 16.6 Å². The van der Waals surface area contributed by atoms with Gasteiger partial charge in [0.1, 0.15) is 5.82 Å². The number of benzene rings is 1. The summed E-state index contributed by atoms with van der Waals surface area (Å²) in [6, 6.07) is 7.15. The van der Waals surface area contributed by atoms with Crippen LogP contribution < -0.4 is 17.0 Å². The minimum Gasteiger partial charge on any atom is -0.396 e. The first-order chi connectivity index (χ1) is 12.1. The fourth-order valence-electron chi connectivity index (χ4n) is 2.33. The Morgan fingerprint density at radius 3 is 2.52 bits per heavy atom. The molecule has 0 unspecified atom stereocenters. The van der Waals surface area contributed by atoms with E-state index >= 15 is 0 Å². The van der Waals surface area contributed by atoms with Gasteiger partial charge in [0.25, 0.3) is 5.56 Å². The van der Waals surface area contributed by atoms with E-state index in [1.165, 1.54) is 11.8 Å². The van der Waals surface area contributed by atoms with Crippen molar-refractivity contribution in [1.29, 1.82) is 0 Å². The first kappa shape index (κ1) is 17.1. The smallest absolute Gasteiger partial charge is 0.262 e. The lowest BCUT2D eigenvalue weighted by Gasteiger charge is -2.12. The second-order valence-corrected chi connectivity index (χ2v) is 6.14. The fourth-order valence-corrected chi connectivity index (χ4v) is 3.21. The first-order valence-corrected chi connectivity index (χ1v) is 8.56. The molecule has 25 heavy (non-hydrogen) atoms. The number of rotatable bonds is 6. The molecule has 2 aromatic heterocycles. The Bertz CT molecular complexity index is 940. The average molecular weight is 359 g/mol. The van der Waals surface area contributed by atoms with Gasteiger partial charge in [-0.1, -0.05) is 23.9 Å². The highest BCUT2D eigenvalue weighted by Gasteiger charge is 2.12. The average Bonchev–Trinajstić information content (AvgIpc) is 2.58. The van der Waals surface area contributed by atoms with Gasteiger partial charge in [-0.2, -0.15) is 15.0 Å². The molecule has 0 aliphatic heterocycles. The summed E-state index contributed by atoms with van der Waals surface area (Å²) in [5, 5.41) is 10.2.